The zero-order valence-corrected chi connectivity index (χ0v) is 16.6. The Bertz CT molecular complexity index is 941. The fourth-order valence-corrected chi connectivity index (χ4v) is 2.81. The second kappa shape index (κ2) is 9.35. The van der Waals surface area contributed by atoms with Crippen LogP contribution in [0, 0.1) is 0 Å². The van der Waals surface area contributed by atoms with E-state index < -0.39 is 0 Å². The summed E-state index contributed by atoms with van der Waals surface area (Å²) >= 11 is 9.25. The molecule has 0 aliphatic rings. The molecule has 0 aromatic heterocycles. The maximum absolute atomic E-state index is 12.1. The predicted octanol–water partition coefficient (Wildman–Crippen LogP) is 5.45. The lowest BCUT2D eigenvalue weighted by molar-refractivity contribution is 0.0955. The van der Waals surface area contributed by atoms with Gasteiger partial charge in [0.2, 0.25) is 0 Å². The zero-order valence-electron chi connectivity index (χ0n) is 14.2. The zero-order chi connectivity index (χ0) is 19.1. The highest BCUT2D eigenvalue weighted by Crippen LogP contribution is 2.16. The molecule has 0 radical (unpaired) electrons. The highest BCUT2D eigenvalue weighted by Gasteiger charge is 2.04. The SMILES string of the molecule is O=C(N/N=C/c1cccc(Br)c1)c1ccc(OCc2ccc(Cl)cc2)cc1. The van der Waals surface area contributed by atoms with E-state index in [2.05, 4.69) is 26.5 Å². The summed E-state index contributed by atoms with van der Waals surface area (Å²) in [5.41, 5.74) is 4.91. The van der Waals surface area contributed by atoms with Crippen LogP contribution in [-0.4, -0.2) is 12.1 Å². The minimum Gasteiger partial charge on any atom is -0.489 e. The Morgan fingerprint density at radius 2 is 1.81 bits per heavy atom. The Labute approximate surface area is 171 Å². The van der Waals surface area contributed by atoms with Gasteiger partial charge in [-0.2, -0.15) is 5.10 Å². The number of nitrogens with one attached hydrogen (secondary N) is 1. The van der Waals surface area contributed by atoms with E-state index in [9.17, 15) is 4.79 Å². The van der Waals surface area contributed by atoms with Crippen LogP contribution in [0.15, 0.2) is 82.4 Å². The molecule has 3 rings (SSSR count). The molecule has 0 aliphatic carbocycles. The van der Waals surface area contributed by atoms with Gasteiger partial charge >= 0.3 is 0 Å². The van der Waals surface area contributed by atoms with Crippen LogP contribution >= 0.6 is 27.5 Å². The van der Waals surface area contributed by atoms with Crippen LogP contribution in [0.5, 0.6) is 5.75 Å². The Hall–Kier alpha value is -2.63. The maximum atomic E-state index is 12.1. The molecule has 0 saturated carbocycles. The number of benzene rings is 3. The number of rotatable bonds is 6. The first kappa shape index (κ1) is 19.1. The molecule has 0 spiro atoms. The molecule has 0 atom stereocenters. The van der Waals surface area contributed by atoms with E-state index in [-0.39, 0.29) is 5.91 Å². The molecule has 0 fully saturated rings. The van der Waals surface area contributed by atoms with Gasteiger partial charge in [0.05, 0.1) is 6.21 Å². The summed E-state index contributed by atoms with van der Waals surface area (Å²) in [4.78, 5) is 12.1. The first-order valence-corrected chi connectivity index (χ1v) is 9.33. The largest absolute Gasteiger partial charge is 0.489 e. The van der Waals surface area contributed by atoms with E-state index in [1.807, 2.05) is 48.5 Å². The Balaban J connectivity index is 1.53. The van der Waals surface area contributed by atoms with Crippen LogP contribution in [0.2, 0.25) is 5.02 Å². The molecule has 0 heterocycles. The standard InChI is InChI=1S/C21H16BrClN2O2/c22-18-3-1-2-16(12-18)13-24-25-21(26)17-6-10-20(11-7-17)27-14-15-4-8-19(23)9-5-15/h1-13H,14H2,(H,25,26)/b24-13+. The molecule has 1 N–H and O–H groups in total. The molecule has 27 heavy (non-hydrogen) atoms. The van der Waals surface area contributed by atoms with Crippen molar-refractivity contribution in [3.8, 4) is 5.75 Å². The van der Waals surface area contributed by atoms with Crippen LogP contribution in [0.3, 0.4) is 0 Å². The van der Waals surface area contributed by atoms with E-state index in [4.69, 9.17) is 16.3 Å². The summed E-state index contributed by atoms with van der Waals surface area (Å²) in [6.45, 7) is 0.430. The first-order valence-electron chi connectivity index (χ1n) is 8.16. The van der Waals surface area contributed by atoms with E-state index >= 15 is 0 Å². The van der Waals surface area contributed by atoms with Crippen LogP contribution in [0.25, 0.3) is 0 Å². The Morgan fingerprint density at radius 3 is 2.52 bits per heavy atom. The highest BCUT2D eigenvalue weighted by atomic mass is 79.9. The van der Waals surface area contributed by atoms with Crippen molar-refractivity contribution in [3.63, 3.8) is 0 Å². The number of halogens is 2. The lowest BCUT2D eigenvalue weighted by atomic mass is 10.2. The Kier molecular flexibility index (Phi) is 6.63. The number of hydrogen-bond donors (Lipinski definition) is 1. The van der Waals surface area contributed by atoms with Crippen molar-refractivity contribution in [1.82, 2.24) is 5.43 Å². The van der Waals surface area contributed by atoms with Crippen LogP contribution in [0.1, 0.15) is 21.5 Å². The summed E-state index contributed by atoms with van der Waals surface area (Å²) < 4.78 is 6.66. The number of carbonyl (C=O) groups excluding carboxylic acids is 1. The van der Waals surface area contributed by atoms with Crippen molar-refractivity contribution in [2.45, 2.75) is 6.61 Å². The van der Waals surface area contributed by atoms with Crippen molar-refractivity contribution in [2.75, 3.05) is 0 Å². The van der Waals surface area contributed by atoms with E-state index in [0.717, 1.165) is 15.6 Å². The molecule has 4 nitrogen and oxygen atoms in total. The topological polar surface area (TPSA) is 50.7 Å². The first-order chi connectivity index (χ1) is 13.1. The van der Waals surface area contributed by atoms with Crippen LogP contribution in [-0.2, 0) is 6.61 Å². The molecule has 136 valence electrons. The number of carbonyl (C=O) groups is 1. The number of ether oxygens (including phenoxy) is 1. The van der Waals surface area contributed by atoms with Gasteiger partial charge in [-0.15, -0.1) is 0 Å². The average Bonchev–Trinajstić information content (AvgIpc) is 2.68. The molecular formula is C21H16BrClN2O2. The third-order valence-electron chi connectivity index (χ3n) is 3.66. The fraction of sp³-hybridized carbons (Fsp3) is 0.0476. The molecule has 3 aromatic rings. The fourth-order valence-electron chi connectivity index (χ4n) is 2.27. The molecule has 0 bridgehead atoms. The number of hydrogen-bond acceptors (Lipinski definition) is 3. The molecule has 0 saturated heterocycles. The smallest absolute Gasteiger partial charge is 0.271 e. The van der Waals surface area contributed by atoms with Crippen molar-refractivity contribution < 1.29 is 9.53 Å². The van der Waals surface area contributed by atoms with Crippen molar-refractivity contribution >= 4 is 39.7 Å². The van der Waals surface area contributed by atoms with Gasteiger partial charge < -0.3 is 4.74 Å². The van der Waals surface area contributed by atoms with Gasteiger partial charge in [0, 0.05) is 15.1 Å². The minimum atomic E-state index is -0.287. The molecule has 0 aliphatic heterocycles. The normalized spacial score (nSPS) is 10.7. The maximum Gasteiger partial charge on any atom is 0.271 e. The lowest BCUT2D eigenvalue weighted by Crippen LogP contribution is -2.17. The predicted molar refractivity (Wildman–Crippen MR) is 111 cm³/mol. The third kappa shape index (κ3) is 5.94. The average molecular weight is 444 g/mol. The second-order valence-electron chi connectivity index (χ2n) is 5.69. The number of hydrazone groups is 1. The highest BCUT2D eigenvalue weighted by molar-refractivity contribution is 9.10. The summed E-state index contributed by atoms with van der Waals surface area (Å²) in [6, 6.07) is 22.0. The molecule has 1 amide bonds. The monoisotopic (exact) mass is 442 g/mol. The van der Waals surface area contributed by atoms with Crippen LogP contribution in [0.4, 0.5) is 0 Å². The number of amides is 1. The van der Waals surface area contributed by atoms with Gasteiger partial charge in [0.1, 0.15) is 12.4 Å². The van der Waals surface area contributed by atoms with E-state index in [1.165, 1.54) is 0 Å². The van der Waals surface area contributed by atoms with Gasteiger partial charge in [-0.3, -0.25) is 4.79 Å². The van der Waals surface area contributed by atoms with Gasteiger partial charge in [0.25, 0.3) is 5.91 Å². The minimum absolute atomic E-state index is 0.287. The van der Waals surface area contributed by atoms with Crippen molar-refractivity contribution in [1.29, 1.82) is 0 Å². The van der Waals surface area contributed by atoms with Gasteiger partial charge in [-0.25, -0.2) is 5.43 Å². The molecule has 6 heteroatoms. The van der Waals surface area contributed by atoms with Gasteiger partial charge in [-0.05, 0) is 59.7 Å². The molecule has 3 aromatic carbocycles. The molecule has 0 unspecified atom stereocenters. The number of nitrogens with zero attached hydrogens (tertiary/aromatic N) is 1. The van der Waals surface area contributed by atoms with Crippen molar-refractivity contribution in [3.05, 3.63) is 99.0 Å². The second-order valence-corrected chi connectivity index (χ2v) is 7.05. The van der Waals surface area contributed by atoms with E-state index in [0.29, 0.717) is 22.9 Å². The summed E-state index contributed by atoms with van der Waals surface area (Å²) in [5.74, 6) is 0.393. The third-order valence-corrected chi connectivity index (χ3v) is 4.41. The summed E-state index contributed by atoms with van der Waals surface area (Å²) in [7, 11) is 0. The van der Waals surface area contributed by atoms with Gasteiger partial charge in [0.15, 0.2) is 0 Å². The summed E-state index contributed by atoms with van der Waals surface area (Å²) in [6.07, 6.45) is 1.59. The van der Waals surface area contributed by atoms with Gasteiger partial charge in [-0.1, -0.05) is 51.8 Å². The quantitative estimate of drug-likeness (QED) is 0.407. The van der Waals surface area contributed by atoms with Crippen molar-refractivity contribution in [2.24, 2.45) is 5.10 Å². The van der Waals surface area contributed by atoms with E-state index in [1.54, 1.807) is 30.5 Å². The Morgan fingerprint density at radius 1 is 1.07 bits per heavy atom. The summed E-state index contributed by atoms with van der Waals surface area (Å²) in [5, 5.41) is 4.67. The lowest BCUT2D eigenvalue weighted by Gasteiger charge is -2.07. The molecular weight excluding hydrogens is 428 g/mol. The van der Waals surface area contributed by atoms with Crippen LogP contribution < -0.4 is 10.2 Å².